The Kier molecular flexibility index (Phi) is 8.68. The summed E-state index contributed by atoms with van der Waals surface area (Å²) in [6.45, 7) is 11.5. The van der Waals surface area contributed by atoms with Gasteiger partial charge in [-0.3, -0.25) is 14.4 Å². The van der Waals surface area contributed by atoms with Crippen LogP contribution < -0.4 is 0 Å². The summed E-state index contributed by atoms with van der Waals surface area (Å²) < 4.78 is 6.57. The SMILES string of the molecule is CON(C)C(=O)[C@@H]1C(=O)N(C(c2ccccc2)(c2ccccc2)c2ccccc2)[C@H]1CCO[Si](C)(C)C(C)(C)C. The van der Waals surface area contributed by atoms with Gasteiger partial charge in [0.2, 0.25) is 5.91 Å². The van der Waals surface area contributed by atoms with E-state index in [1.165, 1.54) is 7.11 Å². The van der Waals surface area contributed by atoms with Crippen molar-refractivity contribution in [3.8, 4) is 0 Å². The fourth-order valence-corrected chi connectivity index (χ4v) is 6.48. The number of nitrogens with zero attached hydrogens (tertiary/aromatic N) is 2. The average molecular weight is 559 g/mol. The van der Waals surface area contributed by atoms with E-state index < -0.39 is 25.8 Å². The Morgan fingerprint density at radius 1 is 0.850 bits per heavy atom. The maximum Gasteiger partial charge on any atom is 0.260 e. The monoisotopic (exact) mass is 558 g/mol. The summed E-state index contributed by atoms with van der Waals surface area (Å²) >= 11 is 0. The number of hydroxylamine groups is 2. The number of likely N-dealkylation sites (tertiary alicyclic amines) is 1. The Balaban J connectivity index is 1.88. The molecule has 0 N–H and O–H groups in total. The lowest BCUT2D eigenvalue weighted by atomic mass is 9.69. The Hall–Kier alpha value is -3.26. The zero-order valence-electron chi connectivity index (χ0n) is 24.8. The van der Waals surface area contributed by atoms with Crippen LogP contribution in [0, 0.1) is 5.92 Å². The van der Waals surface area contributed by atoms with E-state index in [2.05, 4.69) is 70.3 Å². The van der Waals surface area contributed by atoms with Crippen LogP contribution in [0.2, 0.25) is 18.1 Å². The molecule has 2 atom stereocenters. The van der Waals surface area contributed by atoms with Gasteiger partial charge in [0.15, 0.2) is 8.32 Å². The maximum atomic E-state index is 14.3. The summed E-state index contributed by atoms with van der Waals surface area (Å²) in [6.07, 6.45) is 0.528. The minimum Gasteiger partial charge on any atom is -0.417 e. The topological polar surface area (TPSA) is 59.1 Å². The van der Waals surface area contributed by atoms with Crippen LogP contribution in [0.15, 0.2) is 91.0 Å². The molecule has 1 fully saturated rings. The van der Waals surface area contributed by atoms with E-state index in [0.717, 1.165) is 21.8 Å². The van der Waals surface area contributed by atoms with Crippen molar-refractivity contribution in [1.82, 2.24) is 9.96 Å². The minimum atomic E-state index is -2.04. The van der Waals surface area contributed by atoms with Crippen molar-refractivity contribution >= 4 is 20.1 Å². The lowest BCUT2D eigenvalue weighted by molar-refractivity contribution is -0.193. The Morgan fingerprint density at radius 3 is 1.65 bits per heavy atom. The second-order valence-electron chi connectivity index (χ2n) is 12.0. The molecule has 0 aromatic heterocycles. The third kappa shape index (κ3) is 5.26. The molecule has 2 amide bonds. The molecule has 3 aromatic rings. The number of carbonyl (C=O) groups excluding carboxylic acids is 2. The summed E-state index contributed by atoms with van der Waals surface area (Å²) in [5, 5.41) is 1.21. The van der Waals surface area contributed by atoms with E-state index in [0.29, 0.717) is 13.0 Å². The van der Waals surface area contributed by atoms with Crippen LogP contribution >= 0.6 is 0 Å². The van der Waals surface area contributed by atoms with Crippen LogP contribution in [0.25, 0.3) is 0 Å². The molecule has 0 unspecified atom stereocenters. The molecule has 1 saturated heterocycles. The third-order valence-electron chi connectivity index (χ3n) is 8.69. The normalized spacial score (nSPS) is 17.9. The molecule has 212 valence electrons. The average Bonchev–Trinajstić information content (AvgIpc) is 2.95. The standard InChI is InChI=1S/C33H42N2O4Si/c1-32(2,3)40(6,7)39-24-23-28-29(30(36)34(4)38-5)31(37)35(28)33(25-17-11-8-12-18-25,26-19-13-9-14-20-26)27-21-15-10-16-22-27/h8-22,28-29H,23-24H2,1-7H3/t28-,29+/m0/s1. The van der Waals surface area contributed by atoms with Gasteiger partial charge in [-0.1, -0.05) is 112 Å². The van der Waals surface area contributed by atoms with Crippen molar-refractivity contribution in [1.29, 1.82) is 0 Å². The Bertz CT molecular complexity index is 1200. The van der Waals surface area contributed by atoms with Crippen molar-refractivity contribution in [2.45, 2.75) is 56.9 Å². The molecular weight excluding hydrogens is 516 g/mol. The zero-order valence-corrected chi connectivity index (χ0v) is 25.8. The van der Waals surface area contributed by atoms with Gasteiger partial charge >= 0.3 is 0 Å². The van der Waals surface area contributed by atoms with E-state index in [1.807, 2.05) is 59.5 Å². The Morgan fingerprint density at radius 2 is 1.27 bits per heavy atom. The highest BCUT2D eigenvalue weighted by molar-refractivity contribution is 6.74. The number of benzene rings is 3. The van der Waals surface area contributed by atoms with Gasteiger partial charge in [0.05, 0.1) is 13.2 Å². The van der Waals surface area contributed by atoms with Crippen LogP contribution in [0.4, 0.5) is 0 Å². The molecule has 0 bridgehead atoms. The van der Waals surface area contributed by atoms with E-state index in [9.17, 15) is 9.59 Å². The Labute approximate surface area is 240 Å². The van der Waals surface area contributed by atoms with Gasteiger partial charge in [-0.2, -0.15) is 0 Å². The summed E-state index contributed by atoms with van der Waals surface area (Å²) in [7, 11) is 0.958. The first-order chi connectivity index (χ1) is 19.0. The molecule has 0 radical (unpaired) electrons. The first kappa shape index (κ1) is 29.7. The number of hydrogen-bond acceptors (Lipinski definition) is 4. The minimum absolute atomic E-state index is 0.0511. The molecule has 4 rings (SSSR count). The van der Waals surface area contributed by atoms with Crippen molar-refractivity contribution in [2.75, 3.05) is 20.8 Å². The maximum absolute atomic E-state index is 14.3. The molecule has 0 saturated carbocycles. The molecule has 0 spiro atoms. The van der Waals surface area contributed by atoms with Crippen molar-refractivity contribution in [3.63, 3.8) is 0 Å². The van der Waals surface area contributed by atoms with Crippen LogP contribution in [0.1, 0.15) is 43.9 Å². The molecule has 40 heavy (non-hydrogen) atoms. The van der Waals surface area contributed by atoms with Crippen LogP contribution in [0.5, 0.6) is 0 Å². The molecular formula is C33H42N2O4Si. The lowest BCUT2D eigenvalue weighted by Crippen LogP contribution is -2.72. The quantitative estimate of drug-likeness (QED) is 0.0972. The highest BCUT2D eigenvalue weighted by Gasteiger charge is 2.61. The molecule has 1 aliphatic heterocycles. The fraction of sp³-hybridized carbons (Fsp3) is 0.394. The zero-order chi connectivity index (χ0) is 29.1. The predicted octanol–water partition coefficient (Wildman–Crippen LogP) is 6.24. The second kappa shape index (κ2) is 11.7. The van der Waals surface area contributed by atoms with E-state index >= 15 is 0 Å². The van der Waals surface area contributed by atoms with Gasteiger partial charge in [0.25, 0.3) is 5.91 Å². The van der Waals surface area contributed by atoms with Gasteiger partial charge in [0, 0.05) is 13.7 Å². The molecule has 1 heterocycles. The highest BCUT2D eigenvalue weighted by atomic mass is 28.4. The number of hydrogen-bond donors (Lipinski definition) is 0. The van der Waals surface area contributed by atoms with Gasteiger partial charge in [-0.15, -0.1) is 0 Å². The fourth-order valence-electron chi connectivity index (χ4n) is 5.42. The molecule has 1 aliphatic rings. The molecule has 0 aliphatic carbocycles. The van der Waals surface area contributed by atoms with E-state index in [-0.39, 0.29) is 16.9 Å². The highest BCUT2D eigenvalue weighted by Crippen LogP contribution is 2.50. The van der Waals surface area contributed by atoms with Crippen molar-refractivity contribution in [3.05, 3.63) is 108 Å². The van der Waals surface area contributed by atoms with Crippen molar-refractivity contribution in [2.24, 2.45) is 5.92 Å². The van der Waals surface area contributed by atoms with E-state index in [1.54, 1.807) is 7.05 Å². The number of carbonyl (C=O) groups is 2. The number of β-lactam (4-membered cyclic amide) rings is 1. The smallest absolute Gasteiger partial charge is 0.260 e. The molecule has 6 nitrogen and oxygen atoms in total. The molecule has 7 heteroatoms. The van der Waals surface area contributed by atoms with E-state index in [4.69, 9.17) is 9.26 Å². The van der Waals surface area contributed by atoms with Crippen LogP contribution in [0.3, 0.4) is 0 Å². The lowest BCUT2D eigenvalue weighted by Gasteiger charge is -2.57. The third-order valence-corrected chi connectivity index (χ3v) is 13.2. The molecule has 3 aromatic carbocycles. The second-order valence-corrected chi connectivity index (χ2v) is 16.8. The predicted molar refractivity (Wildman–Crippen MR) is 161 cm³/mol. The largest absolute Gasteiger partial charge is 0.417 e. The summed E-state index contributed by atoms with van der Waals surface area (Å²) in [6, 6.07) is 29.9. The number of amides is 2. The first-order valence-electron chi connectivity index (χ1n) is 13.9. The summed E-state index contributed by atoms with van der Waals surface area (Å²) in [5.74, 6) is -1.42. The summed E-state index contributed by atoms with van der Waals surface area (Å²) in [5.41, 5.74) is 1.94. The van der Waals surface area contributed by atoms with Gasteiger partial charge < -0.3 is 9.33 Å². The van der Waals surface area contributed by atoms with Crippen LogP contribution in [-0.2, 0) is 24.4 Å². The van der Waals surface area contributed by atoms with Gasteiger partial charge in [-0.05, 0) is 41.2 Å². The summed E-state index contributed by atoms with van der Waals surface area (Å²) in [4.78, 5) is 35.0. The van der Waals surface area contributed by atoms with Gasteiger partial charge in [0.1, 0.15) is 11.5 Å². The first-order valence-corrected chi connectivity index (χ1v) is 16.8. The van der Waals surface area contributed by atoms with Crippen LogP contribution in [-0.4, -0.2) is 56.9 Å². The van der Waals surface area contributed by atoms with Crippen molar-refractivity contribution < 1.29 is 18.9 Å². The van der Waals surface area contributed by atoms with Gasteiger partial charge in [-0.25, -0.2) is 5.06 Å². The number of rotatable bonds is 10.